The van der Waals surface area contributed by atoms with Crippen LogP contribution in [0.3, 0.4) is 0 Å². The molecular weight excluding hydrogens is 362 g/mol. The van der Waals surface area contributed by atoms with Crippen molar-refractivity contribution in [3.05, 3.63) is 62.6 Å². The zero-order chi connectivity index (χ0) is 16.5. The minimum absolute atomic E-state index is 0.245. The molecule has 1 atom stereocenters. The highest BCUT2D eigenvalue weighted by atomic mass is 35.5. The van der Waals surface area contributed by atoms with Crippen molar-refractivity contribution < 1.29 is 17.9 Å². The maximum absolute atomic E-state index is 12.1. The smallest absolute Gasteiger partial charge is 0.406 e. The third-order valence-corrected chi connectivity index (χ3v) is 3.86. The molecule has 0 amide bonds. The summed E-state index contributed by atoms with van der Waals surface area (Å²) < 4.78 is 40.1. The van der Waals surface area contributed by atoms with Gasteiger partial charge in [0.2, 0.25) is 0 Å². The van der Waals surface area contributed by atoms with Gasteiger partial charge in [0.1, 0.15) is 5.75 Å². The fraction of sp³-hybridized carbons (Fsp3) is 0.143. The highest BCUT2D eigenvalue weighted by molar-refractivity contribution is 6.43. The van der Waals surface area contributed by atoms with E-state index in [4.69, 9.17) is 40.5 Å². The monoisotopic (exact) mass is 369 g/mol. The van der Waals surface area contributed by atoms with Gasteiger partial charge in [0.25, 0.3) is 0 Å². The molecule has 0 aliphatic heterocycles. The van der Waals surface area contributed by atoms with Crippen LogP contribution in [0.15, 0.2) is 36.4 Å². The molecule has 0 unspecified atom stereocenters. The van der Waals surface area contributed by atoms with Gasteiger partial charge in [-0.1, -0.05) is 46.9 Å². The van der Waals surface area contributed by atoms with Crippen molar-refractivity contribution in [3.63, 3.8) is 0 Å². The molecule has 0 fully saturated rings. The Morgan fingerprint density at radius 3 is 2.14 bits per heavy atom. The summed E-state index contributed by atoms with van der Waals surface area (Å²) in [6, 6.07) is 7.51. The second-order valence-corrected chi connectivity index (χ2v) is 5.61. The Labute approximate surface area is 139 Å². The fourth-order valence-electron chi connectivity index (χ4n) is 1.86. The van der Waals surface area contributed by atoms with E-state index in [1.165, 1.54) is 30.3 Å². The molecule has 0 heterocycles. The largest absolute Gasteiger partial charge is 0.573 e. The third-order valence-electron chi connectivity index (χ3n) is 2.83. The molecule has 0 spiro atoms. The first-order valence-corrected chi connectivity index (χ1v) is 7.06. The molecular formula is C14H9Cl3F3NO. The van der Waals surface area contributed by atoms with E-state index >= 15 is 0 Å². The molecule has 2 aromatic rings. The first kappa shape index (κ1) is 17.2. The van der Waals surface area contributed by atoms with Gasteiger partial charge in [0.05, 0.1) is 16.1 Å². The quantitative estimate of drug-likeness (QED) is 0.714. The lowest BCUT2D eigenvalue weighted by Crippen LogP contribution is -2.17. The Morgan fingerprint density at radius 1 is 1.00 bits per heavy atom. The normalized spacial score (nSPS) is 13.0. The second kappa shape index (κ2) is 6.54. The predicted molar refractivity (Wildman–Crippen MR) is 80.6 cm³/mol. The zero-order valence-electron chi connectivity index (χ0n) is 10.8. The van der Waals surface area contributed by atoms with Crippen molar-refractivity contribution in [1.82, 2.24) is 0 Å². The summed E-state index contributed by atoms with van der Waals surface area (Å²) >= 11 is 17.9. The van der Waals surface area contributed by atoms with Crippen LogP contribution in [0.2, 0.25) is 15.1 Å². The lowest BCUT2D eigenvalue weighted by Gasteiger charge is -2.16. The van der Waals surface area contributed by atoms with Crippen molar-refractivity contribution >= 4 is 34.8 Å². The first-order chi connectivity index (χ1) is 10.2. The Morgan fingerprint density at radius 2 is 1.59 bits per heavy atom. The van der Waals surface area contributed by atoms with Crippen molar-refractivity contribution in [2.45, 2.75) is 12.4 Å². The summed E-state index contributed by atoms with van der Waals surface area (Å²) in [7, 11) is 0. The van der Waals surface area contributed by atoms with Gasteiger partial charge in [-0.25, -0.2) is 0 Å². The highest BCUT2D eigenvalue weighted by Gasteiger charge is 2.31. The van der Waals surface area contributed by atoms with Crippen molar-refractivity contribution in [3.8, 4) is 5.75 Å². The Bertz CT molecular complexity index is 674. The van der Waals surface area contributed by atoms with Crippen LogP contribution in [0.4, 0.5) is 13.2 Å². The van der Waals surface area contributed by atoms with Gasteiger partial charge in [-0.15, -0.1) is 13.2 Å². The van der Waals surface area contributed by atoms with Gasteiger partial charge in [-0.3, -0.25) is 0 Å². The van der Waals surface area contributed by atoms with Gasteiger partial charge in [0.15, 0.2) is 0 Å². The molecule has 0 aliphatic rings. The van der Waals surface area contributed by atoms with Crippen molar-refractivity contribution in [2.75, 3.05) is 0 Å². The number of benzene rings is 2. The van der Waals surface area contributed by atoms with Gasteiger partial charge in [-0.2, -0.15) is 0 Å². The number of halogens is 6. The molecule has 2 nitrogen and oxygen atoms in total. The van der Waals surface area contributed by atoms with Crippen LogP contribution in [0.1, 0.15) is 17.2 Å². The number of hydrogen-bond acceptors (Lipinski definition) is 2. The number of nitrogens with two attached hydrogens (primary N) is 1. The molecule has 22 heavy (non-hydrogen) atoms. The van der Waals surface area contributed by atoms with E-state index in [0.717, 1.165) is 0 Å². The van der Waals surface area contributed by atoms with Crippen molar-refractivity contribution in [1.29, 1.82) is 0 Å². The van der Waals surface area contributed by atoms with Gasteiger partial charge in [0, 0.05) is 5.02 Å². The standard InChI is InChI=1S/C14H9Cl3F3NO/c15-8-5-10(12(17)11(16)6-8)13(21)7-1-3-9(4-2-7)22-14(18,19)20/h1-6,13H,21H2/t13-/m1/s1. The van der Waals surface area contributed by atoms with Crippen LogP contribution >= 0.6 is 34.8 Å². The summed E-state index contributed by atoms with van der Waals surface area (Å²) in [6.45, 7) is 0. The molecule has 2 rings (SSSR count). The van der Waals surface area contributed by atoms with E-state index in [2.05, 4.69) is 4.74 Å². The summed E-state index contributed by atoms with van der Waals surface area (Å²) in [4.78, 5) is 0. The molecule has 2 aromatic carbocycles. The van der Waals surface area contributed by atoms with Crippen molar-refractivity contribution in [2.24, 2.45) is 5.73 Å². The maximum Gasteiger partial charge on any atom is 0.573 e. The molecule has 0 aromatic heterocycles. The fourth-order valence-corrected chi connectivity index (χ4v) is 2.59. The van der Waals surface area contributed by atoms with Gasteiger partial charge < -0.3 is 10.5 Å². The summed E-state index contributed by atoms with van der Waals surface area (Å²) in [5, 5.41) is 0.850. The van der Waals surface area contributed by atoms with E-state index in [1.807, 2.05) is 0 Å². The van der Waals surface area contributed by atoms with Crippen LogP contribution in [0.5, 0.6) is 5.75 Å². The summed E-state index contributed by atoms with van der Waals surface area (Å²) in [6.07, 6.45) is -4.74. The SMILES string of the molecule is N[C@H](c1ccc(OC(F)(F)F)cc1)c1cc(Cl)cc(Cl)c1Cl. The lowest BCUT2D eigenvalue weighted by molar-refractivity contribution is -0.274. The average Bonchev–Trinajstić information content (AvgIpc) is 2.41. The van der Waals surface area contributed by atoms with E-state index in [0.29, 0.717) is 16.1 Å². The van der Waals surface area contributed by atoms with E-state index in [-0.39, 0.29) is 15.8 Å². The Hall–Kier alpha value is -1.14. The van der Waals surface area contributed by atoms with Gasteiger partial charge >= 0.3 is 6.36 Å². The minimum Gasteiger partial charge on any atom is -0.406 e. The number of alkyl halides is 3. The van der Waals surface area contributed by atoms with Crippen LogP contribution in [0, 0.1) is 0 Å². The molecule has 8 heteroatoms. The highest BCUT2D eigenvalue weighted by Crippen LogP contribution is 2.35. The predicted octanol–water partition coefficient (Wildman–Crippen LogP) is 5.59. The number of ether oxygens (including phenoxy) is 1. The molecule has 2 N–H and O–H groups in total. The summed E-state index contributed by atoms with van der Waals surface area (Å²) in [5.74, 6) is -0.335. The number of rotatable bonds is 3. The molecule has 0 bridgehead atoms. The lowest BCUT2D eigenvalue weighted by atomic mass is 9.99. The van der Waals surface area contributed by atoms with Crippen LogP contribution in [-0.4, -0.2) is 6.36 Å². The summed E-state index contributed by atoms with van der Waals surface area (Å²) in [5.41, 5.74) is 7.08. The topological polar surface area (TPSA) is 35.2 Å². The molecule has 118 valence electrons. The van der Waals surface area contributed by atoms with Crippen LogP contribution < -0.4 is 10.5 Å². The van der Waals surface area contributed by atoms with E-state index < -0.39 is 12.4 Å². The third kappa shape index (κ3) is 4.20. The van der Waals surface area contributed by atoms with E-state index in [1.54, 1.807) is 6.07 Å². The molecule has 0 aliphatic carbocycles. The maximum atomic E-state index is 12.1. The molecule has 0 radical (unpaired) electrons. The second-order valence-electron chi connectivity index (χ2n) is 4.39. The Balaban J connectivity index is 2.29. The van der Waals surface area contributed by atoms with Crippen LogP contribution in [-0.2, 0) is 0 Å². The van der Waals surface area contributed by atoms with E-state index in [9.17, 15) is 13.2 Å². The zero-order valence-corrected chi connectivity index (χ0v) is 13.1. The minimum atomic E-state index is -4.74. The first-order valence-electron chi connectivity index (χ1n) is 5.93. The van der Waals surface area contributed by atoms with Crippen LogP contribution in [0.25, 0.3) is 0 Å². The molecule has 0 saturated carbocycles. The van der Waals surface area contributed by atoms with Gasteiger partial charge in [-0.05, 0) is 35.4 Å². The average molecular weight is 371 g/mol. The molecule has 0 saturated heterocycles. The Kier molecular flexibility index (Phi) is 5.12. The number of hydrogen-bond donors (Lipinski definition) is 1.